The first-order valence-corrected chi connectivity index (χ1v) is 7.24. The lowest BCUT2D eigenvalue weighted by molar-refractivity contribution is -0.128. The maximum absolute atomic E-state index is 12.5. The summed E-state index contributed by atoms with van der Waals surface area (Å²) in [4.78, 5) is 16.8. The zero-order valence-corrected chi connectivity index (χ0v) is 13.0. The molecule has 0 unspecified atom stereocenters. The Labute approximate surface area is 124 Å². The Morgan fingerprint density at radius 2 is 2.00 bits per heavy atom. The molecule has 1 rings (SSSR count). The van der Waals surface area contributed by atoms with E-state index in [0.29, 0.717) is 24.6 Å². The van der Waals surface area contributed by atoms with Gasteiger partial charge in [0, 0.05) is 0 Å². The van der Waals surface area contributed by atoms with Gasteiger partial charge < -0.3 is 15.6 Å². The highest BCUT2D eigenvalue weighted by Gasteiger charge is 2.39. The molecule has 1 heterocycles. The van der Waals surface area contributed by atoms with E-state index in [1.165, 1.54) is 0 Å². The predicted molar refractivity (Wildman–Crippen MR) is 79.9 cm³/mol. The zero-order chi connectivity index (χ0) is 15.2. The molecule has 0 aliphatic rings. The molecule has 112 valence electrons. The second-order valence-electron chi connectivity index (χ2n) is 4.86. The number of aromatic nitrogens is 2. The van der Waals surface area contributed by atoms with Crippen LogP contribution in [0.1, 0.15) is 51.2 Å². The van der Waals surface area contributed by atoms with Gasteiger partial charge in [-0.05, 0) is 19.8 Å². The van der Waals surface area contributed by atoms with E-state index >= 15 is 0 Å². The molecule has 1 amide bonds. The molecule has 0 spiro atoms. The zero-order valence-electron chi connectivity index (χ0n) is 12.2. The molecule has 6 nitrogen and oxygen atoms in total. The first kappa shape index (κ1) is 16.6. The molecule has 0 atom stereocenters. The maximum Gasteiger partial charge on any atom is 0.246 e. The van der Waals surface area contributed by atoms with Crippen LogP contribution in [0.15, 0.2) is 4.52 Å². The largest absolute Gasteiger partial charge is 0.392 e. The molecule has 7 heteroatoms. The monoisotopic (exact) mass is 298 g/mol. The molecule has 0 fully saturated rings. The van der Waals surface area contributed by atoms with Crippen LogP contribution in [0.2, 0.25) is 0 Å². The molecule has 20 heavy (non-hydrogen) atoms. The highest BCUT2D eigenvalue weighted by Crippen LogP contribution is 2.31. The van der Waals surface area contributed by atoms with Crippen molar-refractivity contribution in [3.05, 3.63) is 11.7 Å². The van der Waals surface area contributed by atoms with Gasteiger partial charge in [0.05, 0.1) is 16.9 Å². The lowest BCUT2D eigenvalue weighted by atomic mass is 9.78. The highest BCUT2D eigenvalue weighted by molar-refractivity contribution is 7.80. The molecule has 3 N–H and O–H groups in total. The van der Waals surface area contributed by atoms with Crippen LogP contribution in [0.5, 0.6) is 0 Å². The maximum atomic E-state index is 12.5. The van der Waals surface area contributed by atoms with E-state index < -0.39 is 5.41 Å². The van der Waals surface area contributed by atoms with Gasteiger partial charge in [0.2, 0.25) is 11.8 Å². The molecule has 0 aliphatic carbocycles. The number of nitrogens with one attached hydrogen (secondary N) is 1. The summed E-state index contributed by atoms with van der Waals surface area (Å²) in [6.45, 7) is 5.94. The quantitative estimate of drug-likeness (QED) is 0.712. The third-order valence-electron chi connectivity index (χ3n) is 3.23. The molecule has 1 aromatic rings. The number of nitrogens with two attached hydrogens (primary N) is 1. The molecule has 0 aromatic carbocycles. The van der Waals surface area contributed by atoms with E-state index in [2.05, 4.69) is 15.5 Å². The molecule has 0 bridgehead atoms. The molecule has 1 aromatic heterocycles. The minimum absolute atomic E-state index is 0.162. The molecule has 0 saturated heterocycles. The second-order valence-corrected chi connectivity index (χ2v) is 5.30. The van der Waals surface area contributed by atoms with Crippen molar-refractivity contribution in [3.8, 4) is 0 Å². The van der Waals surface area contributed by atoms with Crippen molar-refractivity contribution in [2.45, 2.75) is 53.0 Å². The number of thiocarbonyl (C=S) groups is 1. The summed E-state index contributed by atoms with van der Waals surface area (Å²) >= 11 is 5.14. The van der Waals surface area contributed by atoms with E-state index in [0.717, 1.165) is 12.8 Å². The van der Waals surface area contributed by atoms with Crippen molar-refractivity contribution in [2.24, 2.45) is 11.1 Å². The van der Waals surface area contributed by atoms with Crippen LogP contribution in [-0.4, -0.2) is 21.0 Å². The summed E-state index contributed by atoms with van der Waals surface area (Å²) in [5.41, 5.74) is 5.05. The molecule has 0 aliphatic heterocycles. The van der Waals surface area contributed by atoms with Crippen LogP contribution in [0.25, 0.3) is 0 Å². The van der Waals surface area contributed by atoms with Crippen molar-refractivity contribution in [2.75, 3.05) is 0 Å². The van der Waals surface area contributed by atoms with Gasteiger partial charge in [0.1, 0.15) is 0 Å². The minimum atomic E-state index is -0.784. The Balaban J connectivity index is 2.79. The molecular formula is C13H22N4O2S. The SMILES string of the molecule is CCCC(CCC)(C(=O)NCc1nc(C)no1)C(N)=S. The fourth-order valence-corrected chi connectivity index (χ4v) is 2.60. The predicted octanol–water partition coefficient (Wildman–Crippen LogP) is 1.87. The normalized spacial score (nSPS) is 11.3. The lowest BCUT2D eigenvalue weighted by Crippen LogP contribution is -2.48. The van der Waals surface area contributed by atoms with Gasteiger partial charge in [-0.15, -0.1) is 0 Å². The van der Waals surface area contributed by atoms with Gasteiger partial charge in [0.25, 0.3) is 0 Å². The van der Waals surface area contributed by atoms with Crippen molar-refractivity contribution in [3.63, 3.8) is 0 Å². The van der Waals surface area contributed by atoms with Crippen LogP contribution >= 0.6 is 12.2 Å². The summed E-state index contributed by atoms with van der Waals surface area (Å²) in [5, 5.41) is 6.48. The Bertz CT molecular complexity index is 467. The standard InChI is InChI=1S/C13H22N4O2S/c1-4-6-13(7-5-2,11(14)20)12(18)15-8-10-16-9(3)17-19-10/h4-8H2,1-3H3,(H2,14,20)(H,15,18). The van der Waals surface area contributed by atoms with Gasteiger partial charge >= 0.3 is 0 Å². The van der Waals surface area contributed by atoms with E-state index in [9.17, 15) is 4.79 Å². The fraction of sp³-hybridized carbons (Fsp3) is 0.692. The number of amides is 1. The van der Waals surface area contributed by atoms with Gasteiger partial charge in [0.15, 0.2) is 5.82 Å². The van der Waals surface area contributed by atoms with Gasteiger partial charge in [-0.25, -0.2) is 0 Å². The minimum Gasteiger partial charge on any atom is -0.392 e. The van der Waals surface area contributed by atoms with Gasteiger partial charge in [-0.3, -0.25) is 4.79 Å². The van der Waals surface area contributed by atoms with Crippen molar-refractivity contribution in [1.29, 1.82) is 0 Å². The lowest BCUT2D eigenvalue weighted by Gasteiger charge is -2.30. The summed E-state index contributed by atoms with van der Waals surface area (Å²) in [7, 11) is 0. The Morgan fingerprint density at radius 1 is 1.40 bits per heavy atom. The first-order chi connectivity index (χ1) is 9.46. The number of nitrogens with zero attached hydrogens (tertiary/aromatic N) is 2. The third-order valence-corrected chi connectivity index (χ3v) is 3.62. The molecular weight excluding hydrogens is 276 g/mol. The Kier molecular flexibility index (Phi) is 6.06. The summed E-state index contributed by atoms with van der Waals surface area (Å²) in [6.07, 6.45) is 2.96. The number of carbonyl (C=O) groups excluding carboxylic acids is 1. The fourth-order valence-electron chi connectivity index (χ4n) is 2.30. The number of aryl methyl sites for hydroxylation is 1. The van der Waals surface area contributed by atoms with Crippen molar-refractivity contribution >= 4 is 23.1 Å². The van der Waals surface area contributed by atoms with Crippen LogP contribution < -0.4 is 11.1 Å². The topological polar surface area (TPSA) is 94.0 Å². The van der Waals surface area contributed by atoms with Crippen LogP contribution in [0.3, 0.4) is 0 Å². The average molecular weight is 298 g/mol. The van der Waals surface area contributed by atoms with E-state index in [1.54, 1.807) is 6.92 Å². The molecule has 0 radical (unpaired) electrons. The second kappa shape index (κ2) is 7.33. The Hall–Kier alpha value is -1.50. The number of carbonyl (C=O) groups is 1. The first-order valence-electron chi connectivity index (χ1n) is 6.83. The van der Waals surface area contributed by atoms with Crippen molar-refractivity contribution < 1.29 is 9.32 Å². The van der Waals surface area contributed by atoms with Crippen LogP contribution in [-0.2, 0) is 11.3 Å². The average Bonchev–Trinajstić information content (AvgIpc) is 2.81. The number of rotatable bonds is 8. The van der Waals surface area contributed by atoms with Crippen LogP contribution in [0.4, 0.5) is 0 Å². The van der Waals surface area contributed by atoms with Crippen LogP contribution in [0, 0.1) is 12.3 Å². The number of hydrogen-bond acceptors (Lipinski definition) is 5. The molecule has 0 saturated carbocycles. The third kappa shape index (κ3) is 3.75. The van der Waals surface area contributed by atoms with Crippen molar-refractivity contribution in [1.82, 2.24) is 15.5 Å². The summed E-state index contributed by atoms with van der Waals surface area (Å²) in [6, 6.07) is 0. The van der Waals surface area contributed by atoms with E-state index in [4.69, 9.17) is 22.5 Å². The smallest absolute Gasteiger partial charge is 0.246 e. The number of hydrogen-bond donors (Lipinski definition) is 2. The van der Waals surface area contributed by atoms with E-state index in [-0.39, 0.29) is 17.4 Å². The Morgan fingerprint density at radius 3 is 2.40 bits per heavy atom. The van der Waals surface area contributed by atoms with Gasteiger partial charge in [-0.2, -0.15) is 4.98 Å². The summed E-state index contributed by atoms with van der Waals surface area (Å²) in [5.74, 6) is 0.752. The van der Waals surface area contributed by atoms with Gasteiger partial charge in [-0.1, -0.05) is 44.1 Å². The summed E-state index contributed by atoms with van der Waals surface area (Å²) < 4.78 is 4.97. The highest BCUT2D eigenvalue weighted by atomic mass is 32.1. The van der Waals surface area contributed by atoms with E-state index in [1.807, 2.05) is 13.8 Å².